The molecule has 0 aliphatic heterocycles. The maximum atomic E-state index is 13.5. The van der Waals surface area contributed by atoms with Gasteiger partial charge in [-0.2, -0.15) is 0 Å². The summed E-state index contributed by atoms with van der Waals surface area (Å²) in [4.78, 5) is 51.7. The van der Waals surface area contributed by atoms with Crippen molar-refractivity contribution >= 4 is 52.9 Å². The lowest BCUT2D eigenvalue weighted by Crippen LogP contribution is -2.30. The summed E-state index contributed by atoms with van der Waals surface area (Å²) in [5.41, 5.74) is 4.01. The lowest BCUT2D eigenvalue weighted by molar-refractivity contribution is -0.116. The lowest BCUT2D eigenvalue weighted by atomic mass is 10.1. The number of carboxylic acid groups (broad SMARTS) is 1. The van der Waals surface area contributed by atoms with Gasteiger partial charge in [0.05, 0.1) is 10.8 Å². The molecule has 4 aromatic rings. The number of amides is 3. The normalized spacial score (nSPS) is 11.8. The van der Waals surface area contributed by atoms with Crippen LogP contribution in [-0.4, -0.2) is 34.0 Å². The average Bonchev–Trinajstić information content (AvgIpc) is 3.02. The van der Waals surface area contributed by atoms with Crippen molar-refractivity contribution in [1.29, 1.82) is 0 Å². The second-order valence-corrected chi connectivity index (χ2v) is 11.3. The highest BCUT2D eigenvalue weighted by atomic mass is 32.2. The van der Waals surface area contributed by atoms with Gasteiger partial charge in [0.2, 0.25) is 5.91 Å². The number of benzene rings is 4. The van der Waals surface area contributed by atoms with Crippen LogP contribution in [0, 0.1) is 13.8 Å². The molecule has 0 fully saturated rings. The topological polar surface area (TPSA) is 125 Å². The molecular weight excluding hydrogens is 574 g/mol. The quantitative estimate of drug-likeness (QED) is 0.108. The molecule has 44 heavy (non-hydrogen) atoms. The summed E-state index contributed by atoms with van der Waals surface area (Å²) >= 11 is 1.33. The Balaban J connectivity index is 1.51. The van der Waals surface area contributed by atoms with Crippen molar-refractivity contribution < 1.29 is 24.3 Å². The summed E-state index contributed by atoms with van der Waals surface area (Å²) in [7, 11) is 0. The van der Waals surface area contributed by atoms with Crippen LogP contribution in [0.3, 0.4) is 0 Å². The van der Waals surface area contributed by atoms with Gasteiger partial charge in [0.1, 0.15) is 5.70 Å². The Morgan fingerprint density at radius 2 is 1.52 bits per heavy atom. The zero-order valence-corrected chi connectivity index (χ0v) is 25.4. The van der Waals surface area contributed by atoms with Gasteiger partial charge >= 0.3 is 5.97 Å². The average molecular weight is 608 g/mol. The Hall–Kier alpha value is -5.15. The third kappa shape index (κ3) is 8.45. The van der Waals surface area contributed by atoms with Gasteiger partial charge in [0.25, 0.3) is 11.8 Å². The molecule has 1 unspecified atom stereocenters. The van der Waals surface area contributed by atoms with Crippen molar-refractivity contribution in [2.75, 3.05) is 10.6 Å². The van der Waals surface area contributed by atoms with Gasteiger partial charge in [0, 0.05) is 21.8 Å². The van der Waals surface area contributed by atoms with E-state index >= 15 is 0 Å². The van der Waals surface area contributed by atoms with E-state index in [2.05, 4.69) is 16.0 Å². The Bertz CT molecular complexity index is 1720. The first-order valence-corrected chi connectivity index (χ1v) is 14.9. The molecule has 0 saturated carbocycles. The van der Waals surface area contributed by atoms with Gasteiger partial charge in [-0.3, -0.25) is 14.4 Å². The minimum Gasteiger partial charge on any atom is -0.478 e. The van der Waals surface area contributed by atoms with Crippen LogP contribution in [0.1, 0.15) is 50.8 Å². The molecule has 0 bridgehead atoms. The van der Waals surface area contributed by atoms with E-state index in [1.54, 1.807) is 61.5 Å². The summed E-state index contributed by atoms with van der Waals surface area (Å²) in [6, 6.07) is 27.9. The summed E-state index contributed by atoms with van der Waals surface area (Å²) in [6.45, 7) is 5.61. The van der Waals surface area contributed by atoms with Crippen molar-refractivity contribution in [3.8, 4) is 0 Å². The second kappa shape index (κ2) is 14.8. The van der Waals surface area contributed by atoms with Crippen molar-refractivity contribution in [2.24, 2.45) is 0 Å². The van der Waals surface area contributed by atoms with Crippen molar-refractivity contribution in [2.45, 2.75) is 37.3 Å². The number of hydrogen-bond donors (Lipinski definition) is 4. The van der Waals surface area contributed by atoms with Crippen LogP contribution in [0.15, 0.2) is 108 Å². The third-order valence-corrected chi connectivity index (χ3v) is 8.15. The predicted octanol–water partition coefficient (Wildman–Crippen LogP) is 6.92. The van der Waals surface area contributed by atoms with E-state index in [1.165, 1.54) is 23.9 Å². The maximum Gasteiger partial charge on any atom is 0.335 e. The second-order valence-electron chi connectivity index (χ2n) is 10.1. The van der Waals surface area contributed by atoms with Crippen LogP contribution in [0.2, 0.25) is 0 Å². The molecule has 0 saturated heterocycles. The van der Waals surface area contributed by atoms with Crippen LogP contribution >= 0.6 is 11.8 Å². The number of nitrogens with one attached hydrogen (secondary N) is 3. The van der Waals surface area contributed by atoms with E-state index in [9.17, 15) is 24.3 Å². The van der Waals surface area contributed by atoms with Crippen LogP contribution in [0.5, 0.6) is 0 Å². The summed E-state index contributed by atoms with van der Waals surface area (Å²) in [6.07, 6.45) is 2.16. The van der Waals surface area contributed by atoms with E-state index in [-0.39, 0.29) is 17.2 Å². The molecule has 0 aliphatic carbocycles. The first-order chi connectivity index (χ1) is 21.1. The first kappa shape index (κ1) is 31.8. The molecule has 0 heterocycles. The molecule has 8 nitrogen and oxygen atoms in total. The SMILES string of the molecule is CCC(Sc1cccc(NC(=O)/C(=C/c2ccccc2C)NC(=O)c2ccccc2)c1)C(=O)Nc1cc(C(=O)O)ccc1C. The van der Waals surface area contributed by atoms with E-state index in [0.29, 0.717) is 23.4 Å². The minimum atomic E-state index is -1.07. The molecule has 4 rings (SSSR count). The molecule has 4 aromatic carbocycles. The molecule has 4 N–H and O–H groups in total. The van der Waals surface area contributed by atoms with Gasteiger partial charge in [-0.25, -0.2) is 4.79 Å². The number of carbonyl (C=O) groups excluding carboxylic acids is 3. The summed E-state index contributed by atoms with van der Waals surface area (Å²) < 4.78 is 0. The minimum absolute atomic E-state index is 0.0796. The molecule has 0 aromatic heterocycles. The van der Waals surface area contributed by atoms with Crippen LogP contribution in [0.25, 0.3) is 6.08 Å². The number of anilines is 2. The zero-order valence-electron chi connectivity index (χ0n) is 24.6. The maximum absolute atomic E-state index is 13.5. The van der Waals surface area contributed by atoms with E-state index in [0.717, 1.165) is 21.6 Å². The third-order valence-electron chi connectivity index (χ3n) is 6.79. The monoisotopic (exact) mass is 607 g/mol. The molecule has 9 heteroatoms. The van der Waals surface area contributed by atoms with Crippen molar-refractivity contribution in [3.63, 3.8) is 0 Å². The fraction of sp³-hybridized carbons (Fsp3) is 0.143. The lowest BCUT2D eigenvalue weighted by Gasteiger charge is -2.17. The molecule has 1 atom stereocenters. The number of carbonyl (C=O) groups is 4. The molecule has 0 radical (unpaired) electrons. The zero-order chi connectivity index (χ0) is 31.6. The van der Waals surface area contributed by atoms with Gasteiger partial charge in [-0.05, 0) is 85.5 Å². The number of carboxylic acids is 1. The Kier molecular flexibility index (Phi) is 10.7. The fourth-order valence-electron chi connectivity index (χ4n) is 4.28. The van der Waals surface area contributed by atoms with Crippen LogP contribution in [0.4, 0.5) is 11.4 Å². The highest BCUT2D eigenvalue weighted by Gasteiger charge is 2.20. The number of hydrogen-bond acceptors (Lipinski definition) is 5. The Morgan fingerprint density at radius 1 is 0.795 bits per heavy atom. The van der Waals surface area contributed by atoms with Gasteiger partial charge in [0.15, 0.2) is 0 Å². The van der Waals surface area contributed by atoms with E-state index in [4.69, 9.17) is 0 Å². The van der Waals surface area contributed by atoms with Crippen molar-refractivity contribution in [1.82, 2.24) is 5.32 Å². The van der Waals surface area contributed by atoms with Crippen LogP contribution in [-0.2, 0) is 9.59 Å². The molecule has 3 amide bonds. The molecule has 0 aliphatic rings. The molecule has 224 valence electrons. The summed E-state index contributed by atoms with van der Waals surface area (Å²) in [5.74, 6) is -2.24. The largest absolute Gasteiger partial charge is 0.478 e. The predicted molar refractivity (Wildman–Crippen MR) is 175 cm³/mol. The number of aryl methyl sites for hydroxylation is 2. The standard InChI is InChI=1S/C35H33N3O5S/c1-4-31(34(41)37-29-20-26(35(42)43)18-17-23(29)3)44-28-16-10-15-27(21-28)36-33(40)30(19-25-14-9-8-11-22(25)2)38-32(39)24-12-6-5-7-13-24/h5-21,31H,4H2,1-3H3,(H,36,40)(H,37,41)(H,38,39)(H,42,43)/b30-19-. The number of thioether (sulfide) groups is 1. The first-order valence-electron chi connectivity index (χ1n) is 14.0. The van der Waals surface area contributed by atoms with E-state index in [1.807, 2.05) is 50.2 Å². The highest BCUT2D eigenvalue weighted by molar-refractivity contribution is 8.00. The van der Waals surface area contributed by atoms with Gasteiger partial charge in [-0.15, -0.1) is 11.8 Å². The Morgan fingerprint density at radius 3 is 2.23 bits per heavy atom. The van der Waals surface area contributed by atoms with Crippen molar-refractivity contribution in [3.05, 3.63) is 131 Å². The summed E-state index contributed by atoms with van der Waals surface area (Å²) in [5, 5.41) is 17.3. The van der Waals surface area contributed by atoms with Gasteiger partial charge < -0.3 is 21.1 Å². The fourth-order valence-corrected chi connectivity index (χ4v) is 5.29. The number of rotatable bonds is 11. The van der Waals surface area contributed by atoms with Crippen LogP contribution < -0.4 is 16.0 Å². The molecular formula is C35H33N3O5S. The smallest absolute Gasteiger partial charge is 0.335 e. The van der Waals surface area contributed by atoms with Gasteiger partial charge in [-0.1, -0.05) is 61.5 Å². The number of aromatic carboxylic acids is 1. The highest BCUT2D eigenvalue weighted by Crippen LogP contribution is 2.29. The van der Waals surface area contributed by atoms with E-state index < -0.39 is 23.0 Å². The Labute approximate surface area is 260 Å². The molecule has 0 spiro atoms.